The zero-order valence-electron chi connectivity index (χ0n) is 19.6. The standard InChI is InChI=1S/C26H33N3O3/c1-17-14-24(32-5)22(21-10-12-27-25(17)21)16-29-13-11-20(31-4)15-23(29)18-6-8-19(9-7-18)26(30)28(2)3/h6-10,12,14,20,23,27H,11,13,15-16H2,1-5H3. The van der Waals surface area contributed by atoms with Crippen LogP contribution in [0.5, 0.6) is 5.75 Å². The quantitative estimate of drug-likeness (QED) is 0.618. The van der Waals surface area contributed by atoms with Gasteiger partial charge in [-0.1, -0.05) is 12.1 Å². The van der Waals surface area contributed by atoms with Crippen LogP contribution >= 0.6 is 0 Å². The fourth-order valence-corrected chi connectivity index (χ4v) is 4.82. The molecule has 1 aromatic heterocycles. The Hall–Kier alpha value is -2.83. The lowest BCUT2D eigenvalue weighted by Crippen LogP contribution is -2.39. The van der Waals surface area contributed by atoms with Gasteiger partial charge in [-0.25, -0.2) is 0 Å². The summed E-state index contributed by atoms with van der Waals surface area (Å²) in [6.45, 7) is 3.83. The molecule has 2 heterocycles. The van der Waals surface area contributed by atoms with Crippen molar-refractivity contribution >= 4 is 16.8 Å². The highest BCUT2D eigenvalue weighted by Crippen LogP contribution is 2.37. The number of aryl methyl sites for hydroxylation is 1. The molecule has 0 spiro atoms. The van der Waals surface area contributed by atoms with Crippen molar-refractivity contribution in [1.82, 2.24) is 14.8 Å². The molecule has 3 aromatic rings. The summed E-state index contributed by atoms with van der Waals surface area (Å²) in [6.07, 6.45) is 4.14. The highest BCUT2D eigenvalue weighted by molar-refractivity contribution is 5.93. The zero-order valence-corrected chi connectivity index (χ0v) is 19.6. The van der Waals surface area contributed by atoms with Crippen molar-refractivity contribution < 1.29 is 14.3 Å². The number of piperidine rings is 1. The number of nitrogens with one attached hydrogen (secondary N) is 1. The number of likely N-dealkylation sites (tertiary alicyclic amines) is 1. The summed E-state index contributed by atoms with van der Waals surface area (Å²) in [5, 5.41) is 1.21. The number of aromatic amines is 1. The van der Waals surface area contributed by atoms with Gasteiger partial charge in [-0.05, 0) is 55.2 Å². The molecule has 2 atom stereocenters. The Morgan fingerprint density at radius 1 is 1.19 bits per heavy atom. The molecule has 4 rings (SSSR count). The maximum atomic E-state index is 12.3. The summed E-state index contributed by atoms with van der Waals surface area (Å²) in [6, 6.07) is 12.5. The number of rotatable bonds is 6. The van der Waals surface area contributed by atoms with Crippen molar-refractivity contribution in [2.45, 2.75) is 38.5 Å². The fraction of sp³-hybridized carbons (Fsp3) is 0.423. The number of H-pyrrole nitrogens is 1. The van der Waals surface area contributed by atoms with E-state index in [1.54, 1.807) is 33.2 Å². The van der Waals surface area contributed by atoms with Crippen LogP contribution in [-0.4, -0.2) is 61.7 Å². The van der Waals surface area contributed by atoms with Gasteiger partial charge in [-0.2, -0.15) is 0 Å². The molecule has 6 heteroatoms. The van der Waals surface area contributed by atoms with Crippen molar-refractivity contribution in [2.75, 3.05) is 34.9 Å². The van der Waals surface area contributed by atoms with Crippen molar-refractivity contribution in [3.05, 3.63) is 64.8 Å². The predicted molar refractivity (Wildman–Crippen MR) is 127 cm³/mol. The fourth-order valence-electron chi connectivity index (χ4n) is 4.82. The van der Waals surface area contributed by atoms with Crippen LogP contribution in [0.25, 0.3) is 10.9 Å². The van der Waals surface area contributed by atoms with Gasteiger partial charge < -0.3 is 19.4 Å². The van der Waals surface area contributed by atoms with Gasteiger partial charge in [-0.15, -0.1) is 0 Å². The Morgan fingerprint density at radius 3 is 2.59 bits per heavy atom. The minimum atomic E-state index is 0.0195. The second kappa shape index (κ2) is 9.35. The minimum Gasteiger partial charge on any atom is -0.496 e. The van der Waals surface area contributed by atoms with Crippen molar-refractivity contribution in [3.8, 4) is 5.75 Å². The molecule has 1 aliphatic rings. The topological polar surface area (TPSA) is 57.8 Å². The van der Waals surface area contributed by atoms with Gasteiger partial charge in [0.25, 0.3) is 5.91 Å². The van der Waals surface area contributed by atoms with E-state index < -0.39 is 0 Å². The molecule has 2 aromatic carbocycles. The maximum Gasteiger partial charge on any atom is 0.253 e. The van der Waals surface area contributed by atoms with Crippen molar-refractivity contribution in [1.29, 1.82) is 0 Å². The first-order valence-electron chi connectivity index (χ1n) is 11.1. The molecular weight excluding hydrogens is 402 g/mol. The number of fused-ring (bicyclic) bond motifs is 1. The molecule has 32 heavy (non-hydrogen) atoms. The molecule has 1 aliphatic heterocycles. The van der Waals surface area contributed by atoms with Gasteiger partial charge in [0.15, 0.2) is 0 Å². The first-order valence-corrected chi connectivity index (χ1v) is 11.1. The van der Waals surface area contributed by atoms with E-state index in [0.29, 0.717) is 5.56 Å². The number of carbonyl (C=O) groups is 1. The Bertz CT molecular complexity index is 1090. The van der Waals surface area contributed by atoms with Gasteiger partial charge in [0.05, 0.1) is 13.2 Å². The first-order chi connectivity index (χ1) is 15.4. The third-order valence-electron chi connectivity index (χ3n) is 6.64. The Balaban J connectivity index is 1.67. The van der Waals surface area contributed by atoms with E-state index in [1.165, 1.54) is 22.1 Å². The van der Waals surface area contributed by atoms with E-state index in [1.807, 2.05) is 18.3 Å². The number of hydrogen-bond acceptors (Lipinski definition) is 4. The summed E-state index contributed by atoms with van der Waals surface area (Å²) in [7, 11) is 7.09. The SMILES string of the molecule is COc1cc(C)c2[nH]ccc2c1CN1CCC(OC)CC1c1ccc(C(=O)N(C)C)cc1. The first kappa shape index (κ1) is 22.4. The summed E-state index contributed by atoms with van der Waals surface area (Å²) in [5.74, 6) is 0.945. The molecular formula is C26H33N3O3. The molecule has 2 unspecified atom stereocenters. The molecule has 1 saturated heterocycles. The smallest absolute Gasteiger partial charge is 0.253 e. The molecule has 0 saturated carbocycles. The van der Waals surface area contributed by atoms with Gasteiger partial charge in [-0.3, -0.25) is 9.69 Å². The highest BCUT2D eigenvalue weighted by atomic mass is 16.5. The summed E-state index contributed by atoms with van der Waals surface area (Å²) in [5.41, 5.74) is 5.46. The van der Waals surface area contributed by atoms with Crippen LogP contribution in [0.4, 0.5) is 0 Å². The number of ether oxygens (including phenoxy) is 2. The van der Waals surface area contributed by atoms with Crippen LogP contribution < -0.4 is 4.74 Å². The van der Waals surface area contributed by atoms with Crippen LogP contribution in [0.3, 0.4) is 0 Å². The average molecular weight is 436 g/mol. The van der Waals surface area contributed by atoms with Crippen molar-refractivity contribution in [2.24, 2.45) is 0 Å². The van der Waals surface area contributed by atoms with Gasteiger partial charge >= 0.3 is 0 Å². The molecule has 170 valence electrons. The Morgan fingerprint density at radius 2 is 1.94 bits per heavy atom. The number of benzene rings is 2. The Labute approximate surface area is 190 Å². The second-order valence-electron chi connectivity index (χ2n) is 8.83. The molecule has 1 amide bonds. The third-order valence-corrected chi connectivity index (χ3v) is 6.64. The number of nitrogens with zero attached hydrogens (tertiary/aromatic N) is 2. The summed E-state index contributed by atoms with van der Waals surface area (Å²) < 4.78 is 11.5. The number of hydrogen-bond donors (Lipinski definition) is 1. The van der Waals surface area contributed by atoms with E-state index in [0.717, 1.165) is 37.2 Å². The zero-order chi connectivity index (χ0) is 22.8. The number of carbonyl (C=O) groups excluding carboxylic acids is 1. The van der Waals surface area contributed by atoms with Crippen LogP contribution in [0, 0.1) is 6.92 Å². The lowest BCUT2D eigenvalue weighted by atomic mass is 9.91. The lowest BCUT2D eigenvalue weighted by molar-refractivity contribution is 0.00675. The van der Waals surface area contributed by atoms with E-state index in [2.05, 4.69) is 41.1 Å². The number of amides is 1. The normalized spacial score (nSPS) is 19.3. The van der Waals surface area contributed by atoms with Gasteiger partial charge in [0, 0.05) is 68.6 Å². The van der Waals surface area contributed by atoms with E-state index in [4.69, 9.17) is 9.47 Å². The average Bonchev–Trinajstić information content (AvgIpc) is 3.31. The van der Waals surface area contributed by atoms with Crippen LogP contribution in [0.1, 0.15) is 45.9 Å². The van der Waals surface area contributed by atoms with Crippen LogP contribution in [0.2, 0.25) is 0 Å². The molecule has 1 fully saturated rings. The molecule has 1 N–H and O–H groups in total. The van der Waals surface area contributed by atoms with Crippen LogP contribution in [-0.2, 0) is 11.3 Å². The lowest BCUT2D eigenvalue weighted by Gasteiger charge is -2.39. The maximum absolute atomic E-state index is 12.3. The molecule has 0 aliphatic carbocycles. The third kappa shape index (κ3) is 4.25. The minimum absolute atomic E-state index is 0.0195. The van der Waals surface area contributed by atoms with Gasteiger partial charge in [0.1, 0.15) is 5.75 Å². The van der Waals surface area contributed by atoms with E-state index >= 15 is 0 Å². The number of aromatic nitrogens is 1. The van der Waals surface area contributed by atoms with Crippen molar-refractivity contribution in [3.63, 3.8) is 0 Å². The predicted octanol–water partition coefficient (Wildman–Crippen LogP) is 4.54. The number of methoxy groups -OCH3 is 2. The Kier molecular flexibility index (Phi) is 6.53. The molecule has 6 nitrogen and oxygen atoms in total. The van der Waals surface area contributed by atoms with Crippen LogP contribution in [0.15, 0.2) is 42.6 Å². The largest absolute Gasteiger partial charge is 0.496 e. The second-order valence-corrected chi connectivity index (χ2v) is 8.83. The van der Waals surface area contributed by atoms with Gasteiger partial charge in [0.2, 0.25) is 0 Å². The van der Waals surface area contributed by atoms with E-state index in [-0.39, 0.29) is 18.1 Å². The monoisotopic (exact) mass is 435 g/mol. The molecule has 0 radical (unpaired) electrons. The summed E-state index contributed by atoms with van der Waals surface area (Å²) in [4.78, 5) is 19.8. The highest BCUT2D eigenvalue weighted by Gasteiger charge is 2.31. The van der Waals surface area contributed by atoms with E-state index in [9.17, 15) is 4.79 Å². The summed E-state index contributed by atoms with van der Waals surface area (Å²) >= 11 is 0. The molecule has 0 bridgehead atoms.